The summed E-state index contributed by atoms with van der Waals surface area (Å²) in [5, 5.41) is 2.68. The maximum Gasteiger partial charge on any atom is 0.296 e. The van der Waals surface area contributed by atoms with Crippen LogP contribution in [0, 0.1) is 94.7 Å². The van der Waals surface area contributed by atoms with E-state index in [1.54, 1.807) is 6.92 Å². The Morgan fingerprint density at radius 3 is 1.58 bits per heavy atom. The lowest BCUT2D eigenvalue weighted by molar-refractivity contribution is -0.115. The van der Waals surface area contributed by atoms with Crippen LogP contribution >= 0.6 is 0 Å². The molecule has 0 bridgehead atoms. The van der Waals surface area contributed by atoms with Crippen molar-refractivity contribution in [2.45, 2.75) is 13.3 Å². The number of nitrogens with zero attached hydrogens (tertiary/aromatic N) is 1. The van der Waals surface area contributed by atoms with E-state index in [4.69, 9.17) is 0 Å². The maximum absolute atomic E-state index is 11.4. The normalized spacial score (nSPS) is 6.31. The lowest BCUT2D eigenvalue weighted by Gasteiger charge is -2.08. The van der Waals surface area contributed by atoms with Gasteiger partial charge in [0.05, 0.1) is 0 Å². The molecule has 0 aromatic carbocycles. The predicted octanol–water partition coefficient (Wildman–Crippen LogP) is 0.101. The van der Waals surface area contributed by atoms with Crippen LogP contribution in [0.15, 0.2) is 0 Å². The number of carbonyl (C=O) groups is 1. The number of hydrogen-bond acceptors (Lipinski definition) is 2. The van der Waals surface area contributed by atoms with Crippen LogP contribution in [0.4, 0.5) is 0 Å². The summed E-state index contributed by atoms with van der Waals surface area (Å²) < 4.78 is 0. The number of nitrogens with one attached hydrogen (secondary N) is 1. The van der Waals surface area contributed by atoms with Gasteiger partial charge in [0.15, 0.2) is 0 Å². The molecule has 0 atom stereocenters. The first-order valence-corrected chi connectivity index (χ1v) is 7.52. The first-order chi connectivity index (χ1) is 12.7. The molecular formula is C23H16N2O. The molecule has 26 heavy (non-hydrogen) atoms. The van der Waals surface area contributed by atoms with Crippen molar-refractivity contribution in [3.63, 3.8) is 0 Å². The molecular weight excluding hydrogens is 320 g/mol. The number of carbonyl (C=O) groups excluding carboxylic acids is 1. The Bertz CT molecular complexity index is 986. The SMILES string of the molecule is CC#CC#CC#CC#CC#CC#CC#CC#CC(=O)NCCCN(C)C. The second-order valence-corrected chi connectivity index (χ2v) is 4.54. The van der Waals surface area contributed by atoms with Crippen LogP contribution in [-0.2, 0) is 4.79 Å². The Morgan fingerprint density at radius 2 is 1.15 bits per heavy atom. The fourth-order valence-corrected chi connectivity index (χ4v) is 1.17. The van der Waals surface area contributed by atoms with E-state index in [1.807, 2.05) is 19.0 Å². The molecule has 3 heteroatoms. The third-order valence-corrected chi connectivity index (χ3v) is 2.18. The lowest BCUT2D eigenvalue weighted by Crippen LogP contribution is -2.25. The zero-order valence-corrected chi connectivity index (χ0v) is 15.0. The van der Waals surface area contributed by atoms with Crippen LogP contribution in [0.25, 0.3) is 0 Å². The summed E-state index contributed by atoms with van der Waals surface area (Å²) in [4.78, 5) is 13.4. The highest BCUT2D eigenvalue weighted by Gasteiger charge is 1.94. The van der Waals surface area contributed by atoms with Gasteiger partial charge in [-0.25, -0.2) is 0 Å². The summed E-state index contributed by atoms with van der Waals surface area (Å²) >= 11 is 0. The Balaban J connectivity index is 4.21. The molecule has 124 valence electrons. The lowest BCUT2D eigenvalue weighted by atomic mass is 10.4. The summed E-state index contributed by atoms with van der Waals surface area (Å²) in [6.07, 6.45) is 0.867. The van der Waals surface area contributed by atoms with Crippen molar-refractivity contribution in [2.75, 3.05) is 27.2 Å². The van der Waals surface area contributed by atoms with E-state index in [0.29, 0.717) is 6.54 Å². The second-order valence-electron chi connectivity index (χ2n) is 4.54. The molecule has 0 aliphatic carbocycles. The van der Waals surface area contributed by atoms with Gasteiger partial charge in [-0.05, 0) is 117 Å². The molecule has 0 aromatic rings. The largest absolute Gasteiger partial charge is 0.345 e. The van der Waals surface area contributed by atoms with E-state index in [2.05, 4.69) is 100 Å². The fraction of sp³-hybridized carbons (Fsp3) is 0.261. The van der Waals surface area contributed by atoms with Crippen LogP contribution < -0.4 is 5.32 Å². The summed E-state index contributed by atoms with van der Waals surface area (Å²) in [5.41, 5.74) is 0. The summed E-state index contributed by atoms with van der Waals surface area (Å²) in [6.45, 7) is 3.18. The Kier molecular flexibility index (Phi) is 14.6. The topological polar surface area (TPSA) is 32.3 Å². The zero-order chi connectivity index (χ0) is 19.3. The highest BCUT2D eigenvalue weighted by Crippen LogP contribution is 1.80. The fourth-order valence-electron chi connectivity index (χ4n) is 1.17. The first-order valence-electron chi connectivity index (χ1n) is 7.52. The van der Waals surface area contributed by atoms with Crippen molar-refractivity contribution < 1.29 is 4.79 Å². The predicted molar refractivity (Wildman–Crippen MR) is 104 cm³/mol. The van der Waals surface area contributed by atoms with Gasteiger partial charge < -0.3 is 10.2 Å². The van der Waals surface area contributed by atoms with Crippen LogP contribution in [0.2, 0.25) is 0 Å². The van der Waals surface area contributed by atoms with Gasteiger partial charge in [0.1, 0.15) is 0 Å². The van der Waals surface area contributed by atoms with Crippen molar-refractivity contribution >= 4 is 5.91 Å². The highest BCUT2D eigenvalue weighted by atomic mass is 16.1. The van der Waals surface area contributed by atoms with Crippen molar-refractivity contribution in [3.05, 3.63) is 0 Å². The average molecular weight is 336 g/mol. The minimum absolute atomic E-state index is 0.353. The van der Waals surface area contributed by atoms with E-state index in [9.17, 15) is 4.79 Å². The molecule has 1 N–H and O–H groups in total. The van der Waals surface area contributed by atoms with Gasteiger partial charge in [-0.2, -0.15) is 0 Å². The van der Waals surface area contributed by atoms with Gasteiger partial charge in [0, 0.05) is 12.5 Å². The van der Waals surface area contributed by atoms with Crippen molar-refractivity contribution in [2.24, 2.45) is 0 Å². The summed E-state index contributed by atoms with van der Waals surface area (Å²) in [7, 11) is 3.95. The zero-order valence-electron chi connectivity index (χ0n) is 15.0. The van der Waals surface area contributed by atoms with Crippen LogP contribution in [0.1, 0.15) is 13.3 Å². The molecule has 0 unspecified atom stereocenters. The van der Waals surface area contributed by atoms with Gasteiger partial charge >= 0.3 is 0 Å². The average Bonchev–Trinajstić information content (AvgIpc) is 2.62. The number of amides is 1. The van der Waals surface area contributed by atoms with E-state index < -0.39 is 0 Å². The number of hydrogen-bond donors (Lipinski definition) is 1. The highest BCUT2D eigenvalue weighted by molar-refractivity contribution is 5.94. The Morgan fingerprint density at radius 1 is 0.731 bits per heavy atom. The quantitative estimate of drug-likeness (QED) is 0.583. The van der Waals surface area contributed by atoms with Crippen LogP contribution in [0.5, 0.6) is 0 Å². The van der Waals surface area contributed by atoms with Crippen LogP contribution in [0.3, 0.4) is 0 Å². The van der Waals surface area contributed by atoms with Crippen molar-refractivity contribution in [3.8, 4) is 94.7 Å². The molecule has 0 radical (unpaired) electrons. The minimum Gasteiger partial charge on any atom is -0.345 e. The number of rotatable bonds is 4. The van der Waals surface area contributed by atoms with Crippen molar-refractivity contribution in [1.29, 1.82) is 0 Å². The van der Waals surface area contributed by atoms with Gasteiger partial charge in [0.2, 0.25) is 0 Å². The van der Waals surface area contributed by atoms with Crippen LogP contribution in [-0.4, -0.2) is 38.0 Å². The molecule has 3 nitrogen and oxygen atoms in total. The molecule has 0 saturated carbocycles. The minimum atomic E-state index is -0.353. The maximum atomic E-state index is 11.4. The molecule has 1 amide bonds. The molecule has 0 aromatic heterocycles. The van der Waals surface area contributed by atoms with Crippen molar-refractivity contribution in [1.82, 2.24) is 10.2 Å². The molecule has 0 rings (SSSR count). The van der Waals surface area contributed by atoms with E-state index >= 15 is 0 Å². The first kappa shape index (κ1) is 21.9. The summed E-state index contributed by atoms with van der Waals surface area (Å²) in [6, 6.07) is 0. The standard InChI is InChI=1S/C23H16N2O/c1-4-5-6-7-8-9-10-11-12-13-14-15-16-17-18-20-23(26)24-21-19-22-25(2)3/h19,21-22H2,1-3H3,(H,24,26). The smallest absolute Gasteiger partial charge is 0.296 e. The second kappa shape index (κ2) is 17.3. The molecule has 0 aliphatic rings. The molecule has 0 heterocycles. The third-order valence-electron chi connectivity index (χ3n) is 2.18. The third kappa shape index (κ3) is 18.0. The van der Waals surface area contributed by atoms with Gasteiger partial charge in [-0.15, -0.1) is 0 Å². The summed E-state index contributed by atoms with van der Waals surface area (Å²) in [5.74, 6) is 39.6. The molecule has 0 aliphatic heterocycles. The van der Waals surface area contributed by atoms with E-state index in [1.165, 1.54) is 0 Å². The molecule has 0 fully saturated rings. The van der Waals surface area contributed by atoms with Gasteiger partial charge in [-0.1, -0.05) is 5.92 Å². The van der Waals surface area contributed by atoms with Gasteiger partial charge in [-0.3, -0.25) is 4.79 Å². The van der Waals surface area contributed by atoms with E-state index in [-0.39, 0.29) is 5.91 Å². The Labute approximate surface area is 156 Å². The molecule has 0 saturated heterocycles. The Hall–Kier alpha value is -4.09. The van der Waals surface area contributed by atoms with Gasteiger partial charge in [0.25, 0.3) is 5.91 Å². The monoisotopic (exact) mass is 336 g/mol. The molecule has 0 spiro atoms. The van der Waals surface area contributed by atoms with E-state index in [0.717, 1.165) is 13.0 Å².